The van der Waals surface area contributed by atoms with Crippen LogP contribution in [0.25, 0.3) is 11.4 Å². The molecule has 0 saturated carbocycles. The van der Waals surface area contributed by atoms with Gasteiger partial charge in [0.15, 0.2) is 5.78 Å². The summed E-state index contributed by atoms with van der Waals surface area (Å²) >= 11 is 0. The van der Waals surface area contributed by atoms with Crippen LogP contribution in [0, 0.1) is 5.82 Å². The van der Waals surface area contributed by atoms with E-state index in [-0.39, 0.29) is 18.2 Å². The fraction of sp³-hybridized carbons (Fsp3) is 0.211. The van der Waals surface area contributed by atoms with Crippen LogP contribution in [0.4, 0.5) is 4.39 Å². The summed E-state index contributed by atoms with van der Waals surface area (Å²) in [5.74, 6) is -0.741. The van der Waals surface area contributed by atoms with Crippen LogP contribution in [-0.4, -0.2) is 37.9 Å². The number of Topliss-reactive ketones (excluding diaryl/α,β-unsaturated/α-hetero) is 1. The Labute approximate surface area is 155 Å². The van der Waals surface area contributed by atoms with Gasteiger partial charge in [-0.05, 0) is 36.3 Å². The van der Waals surface area contributed by atoms with Gasteiger partial charge in [0.25, 0.3) is 0 Å². The molecule has 0 spiro atoms. The normalized spacial score (nSPS) is 11.8. The highest BCUT2D eigenvalue weighted by atomic mass is 19.1. The molecule has 138 valence electrons. The Kier molecular flexibility index (Phi) is 5.65. The Balaban J connectivity index is 1.63. The lowest BCUT2D eigenvalue weighted by atomic mass is 10.0. The van der Waals surface area contributed by atoms with Gasteiger partial charge in [-0.1, -0.05) is 42.5 Å². The standard InChI is InChI=1S/C19H18FN5O2/c1-13(26)17(10-14-6-3-2-4-7-14)21-18(27)12-25-23-19(22-24-25)15-8-5-9-16(20)11-15/h2-9,11,17H,10,12H2,1H3,(H,21,27). The molecule has 0 aliphatic heterocycles. The summed E-state index contributed by atoms with van der Waals surface area (Å²) in [5, 5.41) is 14.4. The number of benzene rings is 2. The van der Waals surface area contributed by atoms with Crippen LogP contribution in [0.3, 0.4) is 0 Å². The fourth-order valence-corrected chi connectivity index (χ4v) is 2.57. The summed E-state index contributed by atoms with van der Waals surface area (Å²) in [5.41, 5.74) is 1.41. The maximum Gasteiger partial charge on any atom is 0.244 e. The van der Waals surface area contributed by atoms with E-state index in [4.69, 9.17) is 0 Å². The van der Waals surface area contributed by atoms with E-state index < -0.39 is 17.8 Å². The Bertz CT molecular complexity index is 942. The van der Waals surface area contributed by atoms with E-state index in [9.17, 15) is 14.0 Å². The van der Waals surface area contributed by atoms with Gasteiger partial charge in [-0.25, -0.2) is 4.39 Å². The van der Waals surface area contributed by atoms with Crippen molar-refractivity contribution in [2.24, 2.45) is 0 Å². The van der Waals surface area contributed by atoms with E-state index >= 15 is 0 Å². The average molecular weight is 367 g/mol. The first-order chi connectivity index (χ1) is 13.0. The van der Waals surface area contributed by atoms with Gasteiger partial charge in [0.2, 0.25) is 11.7 Å². The van der Waals surface area contributed by atoms with Crippen molar-refractivity contribution in [1.29, 1.82) is 0 Å². The van der Waals surface area contributed by atoms with E-state index in [1.54, 1.807) is 12.1 Å². The SMILES string of the molecule is CC(=O)C(Cc1ccccc1)NC(=O)Cn1nnc(-c2cccc(F)c2)n1. The molecule has 7 nitrogen and oxygen atoms in total. The van der Waals surface area contributed by atoms with Crippen LogP contribution in [-0.2, 0) is 22.6 Å². The second-order valence-corrected chi connectivity index (χ2v) is 6.07. The van der Waals surface area contributed by atoms with E-state index in [1.165, 1.54) is 19.1 Å². The van der Waals surface area contributed by atoms with E-state index in [0.717, 1.165) is 10.4 Å². The van der Waals surface area contributed by atoms with E-state index in [1.807, 2.05) is 30.3 Å². The zero-order valence-corrected chi connectivity index (χ0v) is 14.7. The first kappa shape index (κ1) is 18.4. The third kappa shape index (κ3) is 5.04. The molecule has 1 N–H and O–H groups in total. The molecular weight excluding hydrogens is 349 g/mol. The number of halogens is 1. The second-order valence-electron chi connectivity index (χ2n) is 6.07. The van der Waals surface area contributed by atoms with E-state index in [2.05, 4.69) is 20.7 Å². The van der Waals surface area contributed by atoms with Gasteiger partial charge in [0.05, 0.1) is 6.04 Å². The molecule has 3 rings (SSSR count). The number of tetrazole rings is 1. The number of ketones is 1. The number of hydrogen-bond donors (Lipinski definition) is 1. The molecule has 8 heteroatoms. The first-order valence-corrected chi connectivity index (χ1v) is 8.39. The highest BCUT2D eigenvalue weighted by molar-refractivity contribution is 5.87. The van der Waals surface area contributed by atoms with Gasteiger partial charge < -0.3 is 5.32 Å². The number of aromatic nitrogens is 4. The Hall–Kier alpha value is -3.42. The zero-order valence-electron chi connectivity index (χ0n) is 14.7. The molecule has 0 bridgehead atoms. The summed E-state index contributed by atoms with van der Waals surface area (Å²) < 4.78 is 13.3. The molecule has 2 aromatic carbocycles. The van der Waals surface area contributed by atoms with Gasteiger partial charge in [0.1, 0.15) is 12.4 Å². The molecule has 0 saturated heterocycles. The van der Waals surface area contributed by atoms with Crippen LogP contribution >= 0.6 is 0 Å². The van der Waals surface area contributed by atoms with Crippen LogP contribution in [0.15, 0.2) is 54.6 Å². The van der Waals surface area contributed by atoms with Crippen molar-refractivity contribution in [3.05, 3.63) is 66.0 Å². The van der Waals surface area contributed by atoms with Crippen molar-refractivity contribution in [3.8, 4) is 11.4 Å². The third-order valence-electron chi connectivity index (χ3n) is 3.93. The topological polar surface area (TPSA) is 89.8 Å². The first-order valence-electron chi connectivity index (χ1n) is 8.39. The lowest BCUT2D eigenvalue weighted by Crippen LogP contribution is -2.43. The smallest absolute Gasteiger partial charge is 0.244 e. The number of hydrogen-bond acceptors (Lipinski definition) is 5. The van der Waals surface area contributed by atoms with Crippen molar-refractivity contribution < 1.29 is 14.0 Å². The van der Waals surface area contributed by atoms with Crippen LogP contribution in [0.1, 0.15) is 12.5 Å². The highest BCUT2D eigenvalue weighted by Gasteiger charge is 2.18. The van der Waals surface area contributed by atoms with Crippen molar-refractivity contribution >= 4 is 11.7 Å². The van der Waals surface area contributed by atoms with Crippen LogP contribution < -0.4 is 5.32 Å². The summed E-state index contributed by atoms with van der Waals surface area (Å²) in [6.07, 6.45) is 0.404. The van der Waals surface area contributed by atoms with Crippen molar-refractivity contribution in [3.63, 3.8) is 0 Å². The predicted octanol–water partition coefficient (Wildman–Crippen LogP) is 1.80. The Morgan fingerprint density at radius 3 is 2.63 bits per heavy atom. The minimum absolute atomic E-state index is 0.140. The minimum Gasteiger partial charge on any atom is -0.344 e. The Morgan fingerprint density at radius 1 is 1.15 bits per heavy atom. The fourth-order valence-electron chi connectivity index (χ4n) is 2.57. The quantitative estimate of drug-likeness (QED) is 0.688. The van der Waals surface area contributed by atoms with Crippen molar-refractivity contribution in [2.75, 3.05) is 0 Å². The molecule has 3 aromatic rings. The van der Waals surface area contributed by atoms with Gasteiger partial charge in [0, 0.05) is 5.56 Å². The van der Waals surface area contributed by atoms with Gasteiger partial charge >= 0.3 is 0 Å². The molecule has 1 unspecified atom stereocenters. The molecule has 0 fully saturated rings. The predicted molar refractivity (Wildman–Crippen MR) is 96.0 cm³/mol. The Morgan fingerprint density at radius 2 is 1.93 bits per heavy atom. The monoisotopic (exact) mass is 367 g/mol. The van der Waals surface area contributed by atoms with Gasteiger partial charge in [-0.2, -0.15) is 4.80 Å². The summed E-state index contributed by atoms with van der Waals surface area (Å²) in [7, 11) is 0. The highest BCUT2D eigenvalue weighted by Crippen LogP contribution is 2.14. The maximum atomic E-state index is 13.3. The average Bonchev–Trinajstić information content (AvgIpc) is 3.10. The third-order valence-corrected chi connectivity index (χ3v) is 3.93. The number of nitrogens with one attached hydrogen (secondary N) is 1. The number of carbonyl (C=O) groups excluding carboxylic acids is 2. The van der Waals surface area contributed by atoms with Crippen LogP contribution in [0.5, 0.6) is 0 Å². The lowest BCUT2D eigenvalue weighted by molar-refractivity contribution is -0.127. The maximum absolute atomic E-state index is 13.3. The van der Waals surface area contributed by atoms with Crippen LogP contribution in [0.2, 0.25) is 0 Å². The molecule has 1 aromatic heterocycles. The molecule has 1 atom stereocenters. The van der Waals surface area contributed by atoms with Crippen molar-refractivity contribution in [1.82, 2.24) is 25.5 Å². The van der Waals surface area contributed by atoms with Gasteiger partial charge in [-0.15, -0.1) is 10.2 Å². The molecular formula is C19H18FN5O2. The molecule has 0 aliphatic rings. The molecule has 0 aliphatic carbocycles. The summed E-state index contributed by atoms with van der Waals surface area (Å²) in [6, 6.07) is 14.6. The van der Waals surface area contributed by atoms with E-state index in [0.29, 0.717) is 12.0 Å². The molecule has 27 heavy (non-hydrogen) atoms. The van der Waals surface area contributed by atoms with Gasteiger partial charge in [-0.3, -0.25) is 9.59 Å². The minimum atomic E-state index is -0.633. The lowest BCUT2D eigenvalue weighted by Gasteiger charge is -2.15. The summed E-state index contributed by atoms with van der Waals surface area (Å²) in [6.45, 7) is 1.24. The number of carbonyl (C=O) groups is 2. The summed E-state index contributed by atoms with van der Waals surface area (Å²) in [4.78, 5) is 25.2. The van der Waals surface area contributed by atoms with Crippen molar-refractivity contribution in [2.45, 2.75) is 25.9 Å². The number of amides is 1. The second kappa shape index (κ2) is 8.31. The zero-order chi connectivity index (χ0) is 19.2. The molecule has 1 heterocycles. The number of nitrogens with zero attached hydrogens (tertiary/aromatic N) is 4. The number of rotatable bonds is 7. The molecule has 1 amide bonds. The largest absolute Gasteiger partial charge is 0.344 e. The molecule has 0 radical (unpaired) electrons.